The summed E-state index contributed by atoms with van der Waals surface area (Å²) in [5, 5.41) is 3.32. The van der Waals surface area contributed by atoms with Gasteiger partial charge in [-0.3, -0.25) is 0 Å². The largest absolute Gasteiger partial charge is 0.492 e. The van der Waals surface area contributed by atoms with E-state index in [1.54, 1.807) is 6.20 Å². The van der Waals surface area contributed by atoms with E-state index in [-0.39, 0.29) is 0 Å². The summed E-state index contributed by atoms with van der Waals surface area (Å²) in [6, 6.07) is 4.10. The van der Waals surface area contributed by atoms with Crippen LogP contribution in [0.25, 0.3) is 0 Å². The number of aryl methyl sites for hydroxylation is 1. The van der Waals surface area contributed by atoms with Gasteiger partial charge in [0.05, 0.1) is 28.3 Å². The van der Waals surface area contributed by atoms with Crippen molar-refractivity contribution in [1.82, 2.24) is 10.3 Å². The fourth-order valence-electron chi connectivity index (χ4n) is 1.90. The van der Waals surface area contributed by atoms with Crippen molar-refractivity contribution in [2.45, 2.75) is 33.4 Å². The lowest BCUT2D eigenvalue weighted by molar-refractivity contribution is 0.336. The van der Waals surface area contributed by atoms with Crippen LogP contribution in [0.5, 0.6) is 5.75 Å². The Morgan fingerprint density at radius 2 is 1.90 bits per heavy atom. The van der Waals surface area contributed by atoms with Gasteiger partial charge in [-0.1, -0.05) is 6.92 Å². The van der Waals surface area contributed by atoms with Crippen LogP contribution in [0, 0.1) is 0 Å². The number of oxazole rings is 1. The monoisotopic (exact) mass is 416 g/mol. The molecule has 0 unspecified atom stereocenters. The van der Waals surface area contributed by atoms with Crippen LogP contribution >= 0.6 is 31.9 Å². The molecule has 21 heavy (non-hydrogen) atoms. The first kappa shape index (κ1) is 16.5. The molecule has 0 saturated heterocycles. The molecule has 0 saturated carbocycles. The molecule has 0 fully saturated rings. The molecule has 4 nitrogen and oxygen atoms in total. The lowest BCUT2D eigenvalue weighted by Gasteiger charge is -2.11. The van der Waals surface area contributed by atoms with Gasteiger partial charge in [-0.15, -0.1) is 0 Å². The molecule has 0 aliphatic carbocycles. The van der Waals surface area contributed by atoms with Crippen LogP contribution in [0.15, 0.2) is 31.7 Å². The molecule has 1 aromatic heterocycles. The minimum absolute atomic E-state index is 0.614. The molecule has 0 bridgehead atoms. The van der Waals surface area contributed by atoms with Crippen LogP contribution in [0.1, 0.15) is 31.1 Å². The number of ether oxygens (including phenoxy) is 1. The molecule has 1 heterocycles. The van der Waals surface area contributed by atoms with E-state index in [9.17, 15) is 0 Å². The number of hydrogen-bond acceptors (Lipinski definition) is 4. The second-order valence-electron chi connectivity index (χ2n) is 4.50. The van der Waals surface area contributed by atoms with E-state index >= 15 is 0 Å². The Morgan fingerprint density at radius 3 is 2.48 bits per heavy atom. The molecular formula is C15H18Br2N2O2. The molecule has 0 spiro atoms. The third-order valence-corrected chi connectivity index (χ3v) is 4.08. The molecule has 1 N–H and O–H groups in total. The predicted octanol–water partition coefficient (Wildman–Crippen LogP) is 4.45. The molecule has 114 valence electrons. The minimum Gasteiger partial charge on any atom is -0.492 e. The first-order valence-corrected chi connectivity index (χ1v) is 8.47. The normalized spacial score (nSPS) is 10.9. The number of benzene rings is 1. The lowest BCUT2D eigenvalue weighted by Crippen LogP contribution is -2.13. The third-order valence-electron chi connectivity index (χ3n) is 2.90. The van der Waals surface area contributed by atoms with Gasteiger partial charge in [-0.25, -0.2) is 4.98 Å². The Morgan fingerprint density at radius 1 is 1.19 bits per heavy atom. The maximum absolute atomic E-state index is 5.57. The standard InChI is InChI=1S/C15H18Br2N2O2/c1-3-11-8-19-14(21-11)9-18-7-10-5-12(16)15(20-4-2)13(17)6-10/h5-6,8,18H,3-4,7,9H2,1-2H3. The highest BCUT2D eigenvalue weighted by atomic mass is 79.9. The summed E-state index contributed by atoms with van der Waals surface area (Å²) < 4.78 is 13.0. The highest BCUT2D eigenvalue weighted by Crippen LogP contribution is 2.34. The maximum atomic E-state index is 5.57. The fourth-order valence-corrected chi connectivity index (χ4v) is 3.41. The van der Waals surface area contributed by atoms with Crippen LogP contribution in [0.2, 0.25) is 0 Å². The molecule has 0 amide bonds. The van der Waals surface area contributed by atoms with Crippen molar-refractivity contribution in [2.24, 2.45) is 0 Å². The summed E-state index contributed by atoms with van der Waals surface area (Å²) >= 11 is 7.07. The molecular weight excluding hydrogens is 400 g/mol. The Hall–Kier alpha value is -0.850. The van der Waals surface area contributed by atoms with E-state index in [2.05, 4.69) is 54.3 Å². The lowest BCUT2D eigenvalue weighted by atomic mass is 10.2. The highest BCUT2D eigenvalue weighted by molar-refractivity contribution is 9.11. The molecule has 6 heteroatoms. The van der Waals surface area contributed by atoms with Gasteiger partial charge in [0.15, 0.2) is 0 Å². The van der Waals surface area contributed by atoms with E-state index in [0.717, 1.165) is 44.9 Å². The molecule has 0 atom stereocenters. The summed E-state index contributed by atoms with van der Waals surface area (Å²) in [4.78, 5) is 4.22. The number of halogens is 2. The summed E-state index contributed by atoms with van der Waals surface area (Å²) in [6.45, 7) is 6.00. The highest BCUT2D eigenvalue weighted by Gasteiger charge is 2.09. The van der Waals surface area contributed by atoms with Crippen LogP contribution in [-0.4, -0.2) is 11.6 Å². The number of aromatic nitrogens is 1. The van der Waals surface area contributed by atoms with Crippen molar-refractivity contribution in [3.05, 3.63) is 44.5 Å². The van der Waals surface area contributed by atoms with Crippen molar-refractivity contribution in [2.75, 3.05) is 6.61 Å². The molecule has 0 radical (unpaired) electrons. The van der Waals surface area contributed by atoms with Crippen molar-refractivity contribution in [3.8, 4) is 5.75 Å². The first-order chi connectivity index (χ1) is 10.1. The van der Waals surface area contributed by atoms with Crippen LogP contribution in [-0.2, 0) is 19.5 Å². The van der Waals surface area contributed by atoms with Gasteiger partial charge in [0.1, 0.15) is 11.5 Å². The molecule has 1 aromatic carbocycles. The quantitative estimate of drug-likeness (QED) is 0.722. The second kappa shape index (κ2) is 7.96. The predicted molar refractivity (Wildman–Crippen MR) is 89.4 cm³/mol. The first-order valence-electron chi connectivity index (χ1n) is 6.89. The summed E-state index contributed by atoms with van der Waals surface area (Å²) in [7, 11) is 0. The average Bonchev–Trinajstić information content (AvgIpc) is 2.91. The van der Waals surface area contributed by atoms with Gasteiger partial charge >= 0.3 is 0 Å². The zero-order chi connectivity index (χ0) is 15.2. The molecule has 2 aromatic rings. The van der Waals surface area contributed by atoms with Crippen LogP contribution in [0.4, 0.5) is 0 Å². The summed E-state index contributed by atoms with van der Waals surface area (Å²) in [5.74, 6) is 2.47. The van der Waals surface area contributed by atoms with E-state index in [0.29, 0.717) is 13.2 Å². The molecule has 2 rings (SSSR count). The van der Waals surface area contributed by atoms with Gasteiger partial charge in [0.25, 0.3) is 0 Å². The van der Waals surface area contributed by atoms with Gasteiger partial charge in [0.2, 0.25) is 5.89 Å². The van der Waals surface area contributed by atoms with E-state index in [1.807, 2.05) is 13.8 Å². The van der Waals surface area contributed by atoms with Crippen LogP contribution < -0.4 is 10.1 Å². The second-order valence-corrected chi connectivity index (χ2v) is 6.21. The van der Waals surface area contributed by atoms with Crippen molar-refractivity contribution >= 4 is 31.9 Å². The SMILES string of the molecule is CCOc1c(Br)cc(CNCc2ncc(CC)o2)cc1Br. The molecule has 0 aliphatic heterocycles. The minimum atomic E-state index is 0.614. The van der Waals surface area contributed by atoms with Crippen molar-refractivity contribution in [1.29, 1.82) is 0 Å². The number of nitrogens with zero attached hydrogens (tertiary/aromatic N) is 1. The van der Waals surface area contributed by atoms with E-state index < -0.39 is 0 Å². The van der Waals surface area contributed by atoms with Crippen LogP contribution in [0.3, 0.4) is 0 Å². The zero-order valence-corrected chi connectivity index (χ0v) is 15.3. The van der Waals surface area contributed by atoms with E-state index in [1.165, 1.54) is 0 Å². The summed E-state index contributed by atoms with van der Waals surface area (Å²) in [6.07, 6.45) is 2.65. The maximum Gasteiger partial charge on any atom is 0.208 e. The fraction of sp³-hybridized carbons (Fsp3) is 0.400. The topological polar surface area (TPSA) is 47.3 Å². The van der Waals surface area contributed by atoms with Gasteiger partial charge < -0.3 is 14.5 Å². The van der Waals surface area contributed by atoms with Gasteiger partial charge in [-0.05, 0) is 56.5 Å². The van der Waals surface area contributed by atoms with Gasteiger partial charge in [0, 0.05) is 13.0 Å². The Kier molecular flexibility index (Phi) is 6.26. The number of rotatable bonds is 7. The zero-order valence-electron chi connectivity index (χ0n) is 12.1. The third kappa shape index (κ3) is 4.56. The average molecular weight is 418 g/mol. The summed E-state index contributed by atoms with van der Waals surface area (Å²) in [5.41, 5.74) is 1.15. The van der Waals surface area contributed by atoms with Gasteiger partial charge in [-0.2, -0.15) is 0 Å². The number of hydrogen-bond donors (Lipinski definition) is 1. The van der Waals surface area contributed by atoms with Crippen molar-refractivity contribution in [3.63, 3.8) is 0 Å². The Labute approximate surface area is 141 Å². The van der Waals surface area contributed by atoms with E-state index in [4.69, 9.17) is 9.15 Å². The Balaban J connectivity index is 1.94. The van der Waals surface area contributed by atoms with Crippen molar-refractivity contribution < 1.29 is 9.15 Å². The Bertz CT molecular complexity index is 576. The molecule has 0 aliphatic rings. The smallest absolute Gasteiger partial charge is 0.208 e. The number of nitrogens with one attached hydrogen (secondary N) is 1.